The van der Waals surface area contributed by atoms with Gasteiger partial charge in [-0.15, -0.1) is 0 Å². The normalized spacial score (nSPS) is 16.5. The zero-order valence-electron chi connectivity index (χ0n) is 12.4. The minimum absolute atomic E-state index is 0.113. The van der Waals surface area contributed by atoms with E-state index < -0.39 is 0 Å². The lowest BCUT2D eigenvalue weighted by atomic mass is 10.1. The lowest BCUT2D eigenvalue weighted by Crippen LogP contribution is -2.48. The predicted octanol–water partition coefficient (Wildman–Crippen LogP) is 1.92. The zero-order chi connectivity index (χ0) is 14.8. The largest absolute Gasteiger partial charge is 0.399 e. The molecule has 2 heterocycles. The van der Waals surface area contributed by atoms with Gasteiger partial charge in [-0.25, -0.2) is 0 Å². The minimum atomic E-state index is 0.113. The number of H-pyrrole nitrogens is 1. The third-order valence-corrected chi connectivity index (χ3v) is 4.14. The van der Waals surface area contributed by atoms with Gasteiger partial charge in [-0.1, -0.05) is 6.92 Å². The first-order chi connectivity index (χ1) is 10.2. The van der Waals surface area contributed by atoms with Crippen molar-refractivity contribution in [3.63, 3.8) is 0 Å². The van der Waals surface area contributed by atoms with Gasteiger partial charge in [0.1, 0.15) is 0 Å². The number of fused-ring (bicyclic) bond motifs is 1. The van der Waals surface area contributed by atoms with Gasteiger partial charge in [0.15, 0.2) is 0 Å². The van der Waals surface area contributed by atoms with E-state index in [1.54, 1.807) is 6.20 Å². The number of rotatable bonds is 3. The molecular formula is C16H22N4O. The fourth-order valence-electron chi connectivity index (χ4n) is 2.98. The molecule has 5 heteroatoms. The molecule has 0 aliphatic carbocycles. The molecule has 1 aliphatic rings. The maximum atomic E-state index is 12.7. The van der Waals surface area contributed by atoms with Crippen LogP contribution >= 0.6 is 0 Å². The van der Waals surface area contributed by atoms with Gasteiger partial charge in [0.05, 0.1) is 5.56 Å². The first-order valence-electron chi connectivity index (χ1n) is 7.57. The quantitative estimate of drug-likeness (QED) is 0.847. The fraction of sp³-hybridized carbons (Fsp3) is 0.438. The summed E-state index contributed by atoms with van der Waals surface area (Å²) >= 11 is 0. The van der Waals surface area contributed by atoms with Crippen molar-refractivity contribution in [3.8, 4) is 0 Å². The number of piperazine rings is 1. The molecule has 3 rings (SSSR count). The van der Waals surface area contributed by atoms with Crippen molar-refractivity contribution < 1.29 is 4.79 Å². The van der Waals surface area contributed by atoms with Gasteiger partial charge < -0.3 is 15.6 Å². The zero-order valence-corrected chi connectivity index (χ0v) is 12.4. The van der Waals surface area contributed by atoms with Gasteiger partial charge in [-0.2, -0.15) is 0 Å². The van der Waals surface area contributed by atoms with Crippen LogP contribution in [0.3, 0.4) is 0 Å². The van der Waals surface area contributed by atoms with E-state index in [0.29, 0.717) is 5.69 Å². The molecule has 0 bridgehead atoms. The molecule has 21 heavy (non-hydrogen) atoms. The van der Waals surface area contributed by atoms with Gasteiger partial charge in [-0.3, -0.25) is 9.69 Å². The molecule has 112 valence electrons. The summed E-state index contributed by atoms with van der Waals surface area (Å²) < 4.78 is 0. The second kappa shape index (κ2) is 5.77. The highest BCUT2D eigenvalue weighted by Gasteiger charge is 2.23. The van der Waals surface area contributed by atoms with Crippen molar-refractivity contribution in [1.82, 2.24) is 14.8 Å². The number of nitrogens with two attached hydrogens (primary N) is 1. The topological polar surface area (TPSA) is 65.4 Å². The summed E-state index contributed by atoms with van der Waals surface area (Å²) in [4.78, 5) is 20.2. The number of carbonyl (C=O) groups is 1. The van der Waals surface area contributed by atoms with Crippen LogP contribution in [0.25, 0.3) is 10.9 Å². The molecule has 1 saturated heterocycles. The molecule has 5 nitrogen and oxygen atoms in total. The van der Waals surface area contributed by atoms with E-state index in [-0.39, 0.29) is 5.91 Å². The number of aromatic amines is 1. The second-order valence-electron chi connectivity index (χ2n) is 5.64. The maximum Gasteiger partial charge on any atom is 0.256 e. The van der Waals surface area contributed by atoms with Crippen LogP contribution in [-0.2, 0) is 0 Å². The van der Waals surface area contributed by atoms with Gasteiger partial charge in [-0.05, 0) is 31.2 Å². The Balaban J connectivity index is 1.76. The highest BCUT2D eigenvalue weighted by atomic mass is 16.2. The molecule has 0 saturated carbocycles. The van der Waals surface area contributed by atoms with Crippen molar-refractivity contribution >= 4 is 22.5 Å². The summed E-state index contributed by atoms with van der Waals surface area (Å²) in [6.07, 6.45) is 2.96. The third-order valence-electron chi connectivity index (χ3n) is 4.14. The number of aromatic nitrogens is 1. The van der Waals surface area contributed by atoms with Crippen LogP contribution in [0, 0.1) is 0 Å². The molecule has 1 aliphatic heterocycles. The van der Waals surface area contributed by atoms with E-state index in [1.807, 2.05) is 23.1 Å². The molecule has 1 aromatic heterocycles. The predicted molar refractivity (Wildman–Crippen MR) is 85.3 cm³/mol. The summed E-state index contributed by atoms with van der Waals surface area (Å²) in [6, 6.07) is 5.62. The number of nitrogens with one attached hydrogen (secondary N) is 1. The molecule has 1 amide bonds. The standard InChI is InChI=1S/C16H22N4O/c1-2-5-19-6-8-20(9-7-19)16(21)14-11-18-15-10-12(17)3-4-13(14)15/h3-4,10-11,18H,2,5-9,17H2,1H3. The van der Waals surface area contributed by atoms with E-state index >= 15 is 0 Å². The van der Waals surface area contributed by atoms with Gasteiger partial charge >= 0.3 is 0 Å². The first kappa shape index (κ1) is 13.9. The minimum Gasteiger partial charge on any atom is -0.399 e. The van der Waals surface area contributed by atoms with Crippen LogP contribution in [0.2, 0.25) is 0 Å². The maximum absolute atomic E-state index is 12.7. The highest BCUT2D eigenvalue weighted by molar-refractivity contribution is 6.07. The summed E-state index contributed by atoms with van der Waals surface area (Å²) in [5.74, 6) is 0.113. The molecule has 1 aromatic carbocycles. The molecule has 2 aromatic rings. The molecular weight excluding hydrogens is 264 g/mol. The van der Waals surface area contributed by atoms with Crippen molar-refractivity contribution in [2.45, 2.75) is 13.3 Å². The molecule has 0 spiro atoms. The summed E-state index contributed by atoms with van der Waals surface area (Å²) in [5.41, 5.74) is 8.14. The van der Waals surface area contributed by atoms with Crippen LogP contribution < -0.4 is 5.73 Å². The number of hydrogen-bond acceptors (Lipinski definition) is 3. The smallest absolute Gasteiger partial charge is 0.256 e. The van der Waals surface area contributed by atoms with Crippen LogP contribution in [0.1, 0.15) is 23.7 Å². The van der Waals surface area contributed by atoms with Crippen molar-refractivity contribution in [2.24, 2.45) is 0 Å². The molecule has 3 N–H and O–H groups in total. The number of hydrogen-bond donors (Lipinski definition) is 2. The van der Waals surface area contributed by atoms with Crippen molar-refractivity contribution in [3.05, 3.63) is 30.0 Å². The van der Waals surface area contributed by atoms with Crippen molar-refractivity contribution in [1.29, 1.82) is 0 Å². The van der Waals surface area contributed by atoms with Gasteiger partial charge in [0.2, 0.25) is 0 Å². The number of carbonyl (C=O) groups excluding carboxylic acids is 1. The second-order valence-corrected chi connectivity index (χ2v) is 5.64. The Morgan fingerprint density at radius 3 is 2.76 bits per heavy atom. The SMILES string of the molecule is CCCN1CCN(C(=O)c2c[nH]c3cc(N)ccc23)CC1. The van der Waals surface area contributed by atoms with E-state index in [0.717, 1.165) is 55.6 Å². The Labute approximate surface area is 124 Å². The van der Waals surface area contributed by atoms with Gasteiger partial charge in [0.25, 0.3) is 5.91 Å². The Morgan fingerprint density at radius 1 is 1.29 bits per heavy atom. The number of anilines is 1. The monoisotopic (exact) mass is 286 g/mol. The highest BCUT2D eigenvalue weighted by Crippen LogP contribution is 2.22. The van der Waals surface area contributed by atoms with E-state index in [4.69, 9.17) is 5.73 Å². The van der Waals surface area contributed by atoms with E-state index in [2.05, 4.69) is 16.8 Å². The Bertz CT molecular complexity index is 641. The van der Waals surface area contributed by atoms with Crippen LogP contribution in [0.15, 0.2) is 24.4 Å². The molecule has 1 fully saturated rings. The lowest BCUT2D eigenvalue weighted by Gasteiger charge is -2.34. The third kappa shape index (κ3) is 2.74. The van der Waals surface area contributed by atoms with E-state index in [1.165, 1.54) is 0 Å². The van der Waals surface area contributed by atoms with E-state index in [9.17, 15) is 4.79 Å². The average molecular weight is 286 g/mol. The summed E-state index contributed by atoms with van der Waals surface area (Å²) in [7, 11) is 0. The summed E-state index contributed by atoms with van der Waals surface area (Å²) in [6.45, 7) is 6.86. The molecule has 0 unspecified atom stereocenters. The number of benzene rings is 1. The molecule has 0 atom stereocenters. The van der Waals surface area contributed by atoms with Crippen LogP contribution in [0.4, 0.5) is 5.69 Å². The van der Waals surface area contributed by atoms with Gasteiger partial charge in [0, 0.05) is 49.0 Å². The lowest BCUT2D eigenvalue weighted by molar-refractivity contribution is 0.0639. The van der Waals surface area contributed by atoms with Crippen molar-refractivity contribution in [2.75, 3.05) is 38.5 Å². The Hall–Kier alpha value is -2.01. The molecule has 0 radical (unpaired) electrons. The Morgan fingerprint density at radius 2 is 2.05 bits per heavy atom. The van der Waals surface area contributed by atoms with Crippen LogP contribution in [0.5, 0.6) is 0 Å². The first-order valence-corrected chi connectivity index (χ1v) is 7.57. The Kier molecular flexibility index (Phi) is 3.84. The number of amides is 1. The number of nitrogens with zero attached hydrogens (tertiary/aromatic N) is 2. The average Bonchev–Trinajstić information content (AvgIpc) is 2.90. The van der Waals surface area contributed by atoms with Crippen LogP contribution in [-0.4, -0.2) is 53.4 Å². The fourth-order valence-corrected chi connectivity index (χ4v) is 2.98. The summed E-state index contributed by atoms with van der Waals surface area (Å²) in [5, 5.41) is 0.949. The number of nitrogen functional groups attached to an aromatic ring is 1.